The first-order chi connectivity index (χ1) is 10.3. The van der Waals surface area contributed by atoms with Gasteiger partial charge in [-0.15, -0.1) is 0 Å². The van der Waals surface area contributed by atoms with E-state index in [2.05, 4.69) is 6.08 Å². The molecule has 4 heteroatoms. The lowest BCUT2D eigenvalue weighted by atomic mass is 9.96. The highest BCUT2D eigenvalue weighted by molar-refractivity contribution is 7.86. The third-order valence-corrected chi connectivity index (χ3v) is 6.31. The van der Waals surface area contributed by atoms with Crippen LogP contribution >= 0.6 is 0 Å². The molecule has 2 aliphatic rings. The summed E-state index contributed by atoms with van der Waals surface area (Å²) in [7, 11) is 1.02. The molecular weight excluding hydrogens is 284 g/mol. The molecule has 1 aromatic rings. The van der Waals surface area contributed by atoms with Crippen LogP contribution in [0.3, 0.4) is 0 Å². The summed E-state index contributed by atoms with van der Waals surface area (Å²) in [5, 5.41) is 0.685. The van der Waals surface area contributed by atoms with Gasteiger partial charge in [0.05, 0.1) is 19.0 Å². The van der Waals surface area contributed by atoms with E-state index in [4.69, 9.17) is 9.47 Å². The van der Waals surface area contributed by atoms with Gasteiger partial charge in [0.1, 0.15) is 11.5 Å². The summed E-state index contributed by atoms with van der Waals surface area (Å²) >= 11 is 0. The van der Waals surface area contributed by atoms with Crippen LogP contribution < -0.4 is 9.47 Å². The Morgan fingerprint density at radius 1 is 1.29 bits per heavy atom. The minimum absolute atomic E-state index is 0.296. The zero-order chi connectivity index (χ0) is 14.7. The van der Waals surface area contributed by atoms with Gasteiger partial charge in [0.15, 0.2) is 0 Å². The van der Waals surface area contributed by atoms with Gasteiger partial charge in [-0.1, -0.05) is 24.1 Å². The highest BCUT2D eigenvalue weighted by atomic mass is 32.2. The molecule has 3 atom stereocenters. The fourth-order valence-electron chi connectivity index (χ4n) is 3.16. The van der Waals surface area contributed by atoms with Crippen LogP contribution in [0.5, 0.6) is 11.5 Å². The Hall–Kier alpha value is -1.29. The topological polar surface area (TPSA) is 35.5 Å². The van der Waals surface area contributed by atoms with Crippen molar-refractivity contribution in [2.45, 2.75) is 42.6 Å². The molecule has 1 fully saturated rings. The highest BCUT2D eigenvalue weighted by Crippen LogP contribution is 2.34. The smallest absolute Gasteiger partial charge is 0.122 e. The van der Waals surface area contributed by atoms with Crippen molar-refractivity contribution in [3.63, 3.8) is 0 Å². The minimum Gasteiger partial charge on any atom is -0.497 e. The normalized spacial score (nSPS) is 27.9. The Labute approximate surface area is 128 Å². The molecule has 1 aromatic carbocycles. The van der Waals surface area contributed by atoms with E-state index in [9.17, 15) is 4.21 Å². The summed E-state index contributed by atoms with van der Waals surface area (Å²) < 4.78 is 23.1. The van der Waals surface area contributed by atoms with Crippen molar-refractivity contribution in [1.82, 2.24) is 0 Å². The molecule has 2 bridgehead atoms. The summed E-state index contributed by atoms with van der Waals surface area (Å²) in [5.41, 5.74) is 1.42. The lowest BCUT2D eigenvalue weighted by Crippen LogP contribution is -2.34. The first-order valence-electron chi connectivity index (χ1n) is 7.62. The van der Waals surface area contributed by atoms with Gasteiger partial charge in [0.2, 0.25) is 0 Å². The molecule has 0 N–H and O–H groups in total. The SMILES string of the molecule is COc1cccc(OCCC2=CC3CCCC(C2)S3=O)c1. The van der Waals surface area contributed by atoms with Crippen LogP contribution in [0, 0.1) is 0 Å². The van der Waals surface area contributed by atoms with E-state index in [1.807, 2.05) is 24.3 Å². The van der Waals surface area contributed by atoms with Gasteiger partial charge in [-0.2, -0.15) is 0 Å². The van der Waals surface area contributed by atoms with Crippen LogP contribution in [-0.4, -0.2) is 28.4 Å². The predicted molar refractivity (Wildman–Crippen MR) is 85.4 cm³/mol. The molecule has 3 rings (SSSR count). The molecule has 3 nitrogen and oxygen atoms in total. The van der Waals surface area contributed by atoms with Crippen LogP contribution in [0.1, 0.15) is 32.1 Å². The predicted octanol–water partition coefficient (Wildman–Crippen LogP) is 3.46. The third-order valence-electron chi connectivity index (χ3n) is 4.29. The Bertz CT molecular complexity index is 553. The van der Waals surface area contributed by atoms with Crippen LogP contribution in [0.2, 0.25) is 0 Å². The van der Waals surface area contributed by atoms with Crippen LogP contribution in [0.4, 0.5) is 0 Å². The number of hydrogen-bond acceptors (Lipinski definition) is 3. The second-order valence-electron chi connectivity index (χ2n) is 5.73. The van der Waals surface area contributed by atoms with Crippen molar-refractivity contribution in [2.24, 2.45) is 0 Å². The van der Waals surface area contributed by atoms with E-state index < -0.39 is 10.8 Å². The number of fused-ring (bicyclic) bond motifs is 2. The van der Waals surface area contributed by atoms with Gasteiger partial charge < -0.3 is 9.47 Å². The maximum atomic E-state index is 12.1. The fourth-order valence-corrected chi connectivity index (χ4v) is 5.16. The summed E-state index contributed by atoms with van der Waals surface area (Å²) in [6, 6.07) is 7.69. The summed E-state index contributed by atoms with van der Waals surface area (Å²) in [4.78, 5) is 0. The third kappa shape index (κ3) is 3.49. The van der Waals surface area contributed by atoms with Gasteiger partial charge in [0, 0.05) is 28.5 Å². The van der Waals surface area contributed by atoms with E-state index in [1.165, 1.54) is 12.0 Å². The lowest BCUT2D eigenvalue weighted by Gasteiger charge is -2.32. The monoisotopic (exact) mass is 306 g/mol. The number of rotatable bonds is 5. The van der Waals surface area contributed by atoms with Crippen molar-refractivity contribution >= 4 is 10.8 Å². The average Bonchev–Trinajstić information content (AvgIpc) is 2.48. The Morgan fingerprint density at radius 3 is 2.95 bits per heavy atom. The zero-order valence-corrected chi connectivity index (χ0v) is 13.2. The first-order valence-corrected chi connectivity index (χ1v) is 8.89. The molecule has 0 radical (unpaired) electrons. The summed E-state index contributed by atoms with van der Waals surface area (Å²) in [6.45, 7) is 0.672. The fraction of sp³-hybridized carbons (Fsp3) is 0.529. The Kier molecular flexibility index (Phi) is 4.63. The van der Waals surface area contributed by atoms with Crippen molar-refractivity contribution in [3.05, 3.63) is 35.9 Å². The zero-order valence-electron chi connectivity index (χ0n) is 12.4. The molecule has 0 amide bonds. The average molecular weight is 306 g/mol. The van der Waals surface area contributed by atoms with Crippen molar-refractivity contribution < 1.29 is 13.7 Å². The van der Waals surface area contributed by atoms with E-state index in [-0.39, 0.29) is 0 Å². The molecule has 0 saturated carbocycles. The first kappa shape index (κ1) is 14.6. The van der Waals surface area contributed by atoms with Crippen molar-refractivity contribution in [3.8, 4) is 11.5 Å². The van der Waals surface area contributed by atoms with Gasteiger partial charge in [-0.25, -0.2) is 0 Å². The Morgan fingerprint density at radius 2 is 2.14 bits per heavy atom. The molecule has 1 saturated heterocycles. The Balaban J connectivity index is 1.54. The van der Waals surface area contributed by atoms with Crippen LogP contribution in [0.25, 0.3) is 0 Å². The standard InChI is InChI=1S/C17H22O3S/c1-19-14-4-2-5-15(12-14)20-9-8-13-10-16-6-3-7-17(11-13)21(16)18/h2,4-5,10,12,16-17H,3,6-9,11H2,1H3. The minimum atomic E-state index is -0.636. The maximum absolute atomic E-state index is 12.1. The highest BCUT2D eigenvalue weighted by Gasteiger charge is 2.32. The second-order valence-corrected chi connectivity index (χ2v) is 7.66. The molecular formula is C17H22O3S. The molecule has 114 valence electrons. The van der Waals surface area contributed by atoms with E-state index in [0.29, 0.717) is 17.1 Å². The largest absolute Gasteiger partial charge is 0.497 e. The quantitative estimate of drug-likeness (QED) is 0.782. The number of benzene rings is 1. The second kappa shape index (κ2) is 6.65. The van der Waals surface area contributed by atoms with Gasteiger partial charge in [0.25, 0.3) is 0 Å². The maximum Gasteiger partial charge on any atom is 0.122 e. The molecule has 2 aliphatic heterocycles. The molecule has 0 aromatic heterocycles. The van der Waals surface area contributed by atoms with Crippen molar-refractivity contribution in [1.29, 1.82) is 0 Å². The lowest BCUT2D eigenvalue weighted by molar-refractivity contribution is 0.316. The molecule has 21 heavy (non-hydrogen) atoms. The van der Waals surface area contributed by atoms with E-state index in [0.717, 1.165) is 37.2 Å². The van der Waals surface area contributed by atoms with Gasteiger partial charge >= 0.3 is 0 Å². The molecule has 3 unspecified atom stereocenters. The number of hydrogen-bond donors (Lipinski definition) is 0. The van der Waals surface area contributed by atoms with Crippen molar-refractivity contribution in [2.75, 3.05) is 13.7 Å². The van der Waals surface area contributed by atoms with Gasteiger partial charge in [-0.05, 0) is 31.4 Å². The number of methoxy groups -OCH3 is 1. The van der Waals surface area contributed by atoms with Crippen LogP contribution in [-0.2, 0) is 10.8 Å². The molecule has 0 spiro atoms. The molecule has 0 aliphatic carbocycles. The van der Waals surface area contributed by atoms with E-state index in [1.54, 1.807) is 7.11 Å². The van der Waals surface area contributed by atoms with E-state index >= 15 is 0 Å². The summed E-state index contributed by atoms with van der Waals surface area (Å²) in [5.74, 6) is 1.66. The number of ether oxygens (including phenoxy) is 2. The summed E-state index contributed by atoms with van der Waals surface area (Å²) in [6.07, 6.45) is 7.61. The molecule has 2 heterocycles. The van der Waals surface area contributed by atoms with Crippen LogP contribution in [0.15, 0.2) is 35.9 Å². The van der Waals surface area contributed by atoms with Gasteiger partial charge in [-0.3, -0.25) is 4.21 Å².